The Morgan fingerprint density at radius 1 is 1.07 bits per heavy atom. The maximum absolute atomic E-state index is 13.0. The van der Waals surface area contributed by atoms with Crippen LogP contribution in [0.25, 0.3) is 0 Å². The summed E-state index contributed by atoms with van der Waals surface area (Å²) in [5, 5.41) is 23.6. The van der Waals surface area contributed by atoms with Crippen LogP contribution in [0.3, 0.4) is 0 Å². The van der Waals surface area contributed by atoms with Crippen LogP contribution in [-0.2, 0) is 20.7 Å². The standard InChI is InChI=1S/C23H25BrO4/c1-2-3-4-7-12-28-21(25)20-14-22(26)16-8-5-6-9-17(16)23(20,27)18-11-10-15(24)13-19(18)22/h5-6,8-11,13,20,26-27H,2-4,7,12,14H2,1H3. The first-order chi connectivity index (χ1) is 13.4. The first-order valence-corrected chi connectivity index (χ1v) is 10.7. The molecule has 0 spiro atoms. The van der Waals surface area contributed by atoms with Crippen LogP contribution in [0.4, 0.5) is 0 Å². The van der Waals surface area contributed by atoms with Crippen LogP contribution in [0.1, 0.15) is 61.3 Å². The van der Waals surface area contributed by atoms with Gasteiger partial charge in [-0.2, -0.15) is 0 Å². The molecule has 2 bridgehead atoms. The van der Waals surface area contributed by atoms with E-state index in [0.717, 1.165) is 30.2 Å². The first kappa shape index (κ1) is 19.6. The van der Waals surface area contributed by atoms with E-state index in [-0.39, 0.29) is 6.42 Å². The minimum absolute atomic E-state index is 0.109. The van der Waals surface area contributed by atoms with Crippen molar-refractivity contribution in [2.75, 3.05) is 6.61 Å². The summed E-state index contributed by atoms with van der Waals surface area (Å²) in [5.41, 5.74) is -0.350. The van der Waals surface area contributed by atoms with Gasteiger partial charge in [0.25, 0.3) is 0 Å². The Kier molecular flexibility index (Phi) is 5.10. The Morgan fingerprint density at radius 2 is 1.79 bits per heavy atom. The lowest BCUT2D eigenvalue weighted by atomic mass is 9.54. The van der Waals surface area contributed by atoms with Gasteiger partial charge in [-0.05, 0) is 40.8 Å². The molecule has 5 rings (SSSR count). The Hall–Kier alpha value is -1.69. The van der Waals surface area contributed by atoms with Crippen molar-refractivity contribution in [2.45, 2.75) is 50.2 Å². The summed E-state index contributed by atoms with van der Waals surface area (Å²) in [6, 6.07) is 12.8. The van der Waals surface area contributed by atoms with Crippen molar-refractivity contribution in [1.82, 2.24) is 0 Å². The number of esters is 1. The highest BCUT2D eigenvalue weighted by Gasteiger charge is 2.62. The van der Waals surface area contributed by atoms with E-state index < -0.39 is 23.1 Å². The molecule has 0 saturated carbocycles. The average molecular weight is 445 g/mol. The van der Waals surface area contributed by atoms with Gasteiger partial charge in [-0.1, -0.05) is 72.4 Å². The molecule has 3 unspecified atom stereocenters. The number of carbonyl (C=O) groups excluding carboxylic acids is 1. The molecule has 3 aliphatic carbocycles. The monoisotopic (exact) mass is 444 g/mol. The van der Waals surface area contributed by atoms with Crippen LogP contribution >= 0.6 is 15.9 Å². The number of ether oxygens (including phenoxy) is 1. The predicted octanol–water partition coefficient (Wildman–Crippen LogP) is 4.38. The van der Waals surface area contributed by atoms with E-state index >= 15 is 0 Å². The molecule has 5 heteroatoms. The Balaban J connectivity index is 1.73. The fraction of sp³-hybridized carbons (Fsp3) is 0.435. The molecule has 0 aromatic heterocycles. The molecule has 0 fully saturated rings. The fourth-order valence-electron chi connectivity index (χ4n) is 4.75. The molecule has 3 aliphatic rings. The van der Waals surface area contributed by atoms with Gasteiger partial charge in [0.1, 0.15) is 11.2 Å². The van der Waals surface area contributed by atoms with Crippen molar-refractivity contribution >= 4 is 21.9 Å². The molecular weight excluding hydrogens is 420 g/mol. The zero-order valence-corrected chi connectivity index (χ0v) is 17.5. The lowest BCUT2D eigenvalue weighted by Crippen LogP contribution is -2.57. The number of rotatable bonds is 6. The summed E-state index contributed by atoms with van der Waals surface area (Å²) in [7, 11) is 0. The summed E-state index contributed by atoms with van der Waals surface area (Å²) in [4.78, 5) is 13.0. The topological polar surface area (TPSA) is 66.8 Å². The third kappa shape index (κ3) is 2.83. The van der Waals surface area contributed by atoms with Gasteiger partial charge < -0.3 is 14.9 Å². The highest BCUT2D eigenvalue weighted by atomic mass is 79.9. The maximum Gasteiger partial charge on any atom is 0.312 e. The van der Waals surface area contributed by atoms with Gasteiger partial charge in [-0.25, -0.2) is 0 Å². The van der Waals surface area contributed by atoms with Crippen molar-refractivity contribution < 1.29 is 19.7 Å². The first-order valence-electron chi connectivity index (χ1n) is 9.94. The highest BCUT2D eigenvalue weighted by Crippen LogP contribution is 2.60. The van der Waals surface area contributed by atoms with Crippen LogP contribution in [0.5, 0.6) is 0 Å². The summed E-state index contributed by atoms with van der Waals surface area (Å²) >= 11 is 3.46. The van der Waals surface area contributed by atoms with Crippen LogP contribution < -0.4 is 0 Å². The van der Waals surface area contributed by atoms with E-state index in [9.17, 15) is 15.0 Å². The lowest BCUT2D eigenvalue weighted by molar-refractivity contribution is -0.167. The number of unbranched alkanes of at least 4 members (excludes halogenated alkanes) is 3. The lowest BCUT2D eigenvalue weighted by Gasteiger charge is -2.53. The Morgan fingerprint density at radius 3 is 2.54 bits per heavy atom. The van der Waals surface area contributed by atoms with Crippen molar-refractivity contribution in [3.63, 3.8) is 0 Å². The van der Waals surface area contributed by atoms with Gasteiger partial charge in [0, 0.05) is 10.9 Å². The molecule has 3 atom stereocenters. The van der Waals surface area contributed by atoms with Crippen LogP contribution in [0.2, 0.25) is 0 Å². The quantitative estimate of drug-likeness (QED) is 0.512. The molecule has 0 heterocycles. The van der Waals surface area contributed by atoms with Gasteiger partial charge in [0.15, 0.2) is 0 Å². The van der Waals surface area contributed by atoms with E-state index in [1.165, 1.54) is 0 Å². The SMILES string of the molecule is CCCCCCOC(=O)C1CC2(O)c3ccccc3C1(O)c1ccc(Br)cc12. The number of carbonyl (C=O) groups is 1. The number of aliphatic hydroxyl groups is 2. The fourth-order valence-corrected chi connectivity index (χ4v) is 5.11. The predicted molar refractivity (Wildman–Crippen MR) is 110 cm³/mol. The molecule has 0 radical (unpaired) electrons. The normalized spacial score (nSPS) is 27.2. The molecular formula is C23H25BrO4. The average Bonchev–Trinajstić information content (AvgIpc) is 2.69. The van der Waals surface area contributed by atoms with Crippen molar-refractivity contribution in [2.24, 2.45) is 5.92 Å². The van der Waals surface area contributed by atoms with Crippen LogP contribution in [0, 0.1) is 5.92 Å². The van der Waals surface area contributed by atoms with E-state index in [1.807, 2.05) is 30.3 Å². The summed E-state index contributed by atoms with van der Waals surface area (Å²) in [6.45, 7) is 2.48. The largest absolute Gasteiger partial charge is 0.465 e. The molecule has 28 heavy (non-hydrogen) atoms. The van der Waals surface area contributed by atoms with Gasteiger partial charge in [0.2, 0.25) is 0 Å². The summed E-state index contributed by atoms with van der Waals surface area (Å²) in [5.74, 6) is -1.28. The van der Waals surface area contributed by atoms with Crippen molar-refractivity contribution in [3.8, 4) is 0 Å². The van der Waals surface area contributed by atoms with Gasteiger partial charge >= 0.3 is 5.97 Å². The molecule has 2 N–H and O–H groups in total. The second-order valence-electron chi connectivity index (χ2n) is 7.85. The molecule has 4 nitrogen and oxygen atoms in total. The third-order valence-electron chi connectivity index (χ3n) is 6.15. The van der Waals surface area contributed by atoms with Gasteiger partial charge in [0.05, 0.1) is 12.5 Å². The van der Waals surface area contributed by atoms with E-state index in [1.54, 1.807) is 12.1 Å². The van der Waals surface area contributed by atoms with E-state index in [4.69, 9.17) is 4.74 Å². The van der Waals surface area contributed by atoms with Gasteiger partial charge in [-0.3, -0.25) is 4.79 Å². The zero-order chi connectivity index (χ0) is 19.9. The van der Waals surface area contributed by atoms with E-state index in [2.05, 4.69) is 22.9 Å². The minimum Gasteiger partial charge on any atom is -0.465 e. The molecule has 0 amide bonds. The second kappa shape index (κ2) is 7.29. The molecule has 0 aliphatic heterocycles. The Labute approximate surface area is 173 Å². The second-order valence-corrected chi connectivity index (χ2v) is 8.76. The highest BCUT2D eigenvalue weighted by molar-refractivity contribution is 9.10. The van der Waals surface area contributed by atoms with Crippen LogP contribution in [0.15, 0.2) is 46.9 Å². The Bertz CT molecular complexity index is 911. The molecule has 2 aromatic rings. The van der Waals surface area contributed by atoms with Crippen molar-refractivity contribution in [3.05, 3.63) is 69.2 Å². The summed E-state index contributed by atoms with van der Waals surface area (Å²) < 4.78 is 6.35. The third-order valence-corrected chi connectivity index (χ3v) is 6.64. The number of fused-ring (bicyclic) bond motifs is 1. The zero-order valence-electron chi connectivity index (χ0n) is 16.0. The number of hydrogen-bond donors (Lipinski definition) is 2. The number of benzene rings is 2. The number of hydrogen-bond acceptors (Lipinski definition) is 4. The molecule has 148 valence electrons. The smallest absolute Gasteiger partial charge is 0.312 e. The summed E-state index contributed by atoms with van der Waals surface area (Å²) in [6.07, 6.45) is 4.17. The molecule has 2 aromatic carbocycles. The molecule has 0 saturated heterocycles. The van der Waals surface area contributed by atoms with Gasteiger partial charge in [-0.15, -0.1) is 0 Å². The number of halogens is 1. The minimum atomic E-state index is -1.50. The maximum atomic E-state index is 13.0. The van der Waals surface area contributed by atoms with E-state index in [0.29, 0.717) is 28.9 Å². The van der Waals surface area contributed by atoms with Crippen LogP contribution in [-0.4, -0.2) is 22.8 Å². The van der Waals surface area contributed by atoms with Crippen molar-refractivity contribution in [1.29, 1.82) is 0 Å².